The number of anilines is 2. The largest absolute Gasteiger partial charge is 0.416 e. The van der Waals surface area contributed by atoms with E-state index in [0.717, 1.165) is 17.7 Å². The maximum atomic E-state index is 14.1. The second-order valence-corrected chi connectivity index (χ2v) is 9.54. The molecule has 3 aromatic carbocycles. The van der Waals surface area contributed by atoms with Crippen molar-refractivity contribution in [3.05, 3.63) is 91.4 Å². The molecule has 5 rings (SSSR count). The fourth-order valence-corrected chi connectivity index (χ4v) is 5.34. The van der Waals surface area contributed by atoms with Crippen LogP contribution in [0.25, 0.3) is 0 Å². The summed E-state index contributed by atoms with van der Waals surface area (Å²) in [6, 6.07) is 5.26. The van der Waals surface area contributed by atoms with Crippen LogP contribution in [0.5, 0.6) is 0 Å². The Labute approximate surface area is 214 Å². The molecule has 0 aromatic heterocycles. The predicted molar refractivity (Wildman–Crippen MR) is 126 cm³/mol. The van der Waals surface area contributed by atoms with Crippen molar-refractivity contribution in [1.29, 1.82) is 0 Å². The van der Waals surface area contributed by atoms with Gasteiger partial charge in [-0.05, 0) is 54.4 Å². The van der Waals surface area contributed by atoms with Crippen molar-refractivity contribution in [1.82, 2.24) is 5.32 Å². The number of nitrogens with zero attached hydrogens (tertiary/aromatic N) is 1. The van der Waals surface area contributed by atoms with E-state index >= 15 is 0 Å². The highest BCUT2D eigenvalue weighted by Crippen LogP contribution is 2.49. The van der Waals surface area contributed by atoms with Crippen LogP contribution in [0.3, 0.4) is 0 Å². The van der Waals surface area contributed by atoms with Gasteiger partial charge in [-0.15, -0.1) is 0 Å². The molecule has 5 nitrogen and oxygen atoms in total. The average Bonchev–Trinajstić information content (AvgIpc) is 3.25. The lowest BCUT2D eigenvalue weighted by atomic mass is 9.91. The number of nitrogens with one attached hydrogen (secondary N) is 2. The van der Waals surface area contributed by atoms with E-state index in [2.05, 4.69) is 26.6 Å². The molecule has 2 aliphatic heterocycles. The van der Waals surface area contributed by atoms with Crippen LogP contribution in [0.2, 0.25) is 5.02 Å². The average molecular weight is 587 g/mol. The summed E-state index contributed by atoms with van der Waals surface area (Å²) < 4.78 is 68.1. The zero-order valence-electron chi connectivity index (χ0n) is 17.9. The van der Waals surface area contributed by atoms with Gasteiger partial charge in [-0.2, -0.15) is 13.2 Å². The first-order chi connectivity index (χ1) is 16.9. The summed E-state index contributed by atoms with van der Waals surface area (Å²) in [5.74, 6) is -2.84. The summed E-state index contributed by atoms with van der Waals surface area (Å²) in [4.78, 5) is 27.3. The van der Waals surface area contributed by atoms with Gasteiger partial charge in [0.2, 0.25) is 0 Å². The molecule has 36 heavy (non-hydrogen) atoms. The maximum absolute atomic E-state index is 14.1. The standard InChI is InChI=1S/C24H14BrClF5N3O2/c25-16-9-18(32-22(35)10-5-11(24(29,30)31)7-13(28)6-10)19-20(15-8-12(27)1-2-17(15)26)33-23(36)34-4-3-14(16)21(19)34/h1-2,5-9,20H,3-4H2,(H,32,35)(H,33,36). The summed E-state index contributed by atoms with van der Waals surface area (Å²) in [6.45, 7) is 0.340. The molecule has 1 unspecified atom stereocenters. The van der Waals surface area contributed by atoms with Crippen molar-refractivity contribution in [2.75, 3.05) is 16.8 Å². The smallest absolute Gasteiger partial charge is 0.327 e. The van der Waals surface area contributed by atoms with Gasteiger partial charge in [-0.25, -0.2) is 13.6 Å². The number of benzene rings is 3. The molecule has 0 saturated carbocycles. The molecule has 2 aliphatic rings. The molecular formula is C24H14BrClF5N3O2. The van der Waals surface area contributed by atoms with E-state index in [1.54, 1.807) is 0 Å². The number of hydrogen-bond acceptors (Lipinski definition) is 2. The zero-order valence-corrected chi connectivity index (χ0v) is 20.3. The monoisotopic (exact) mass is 585 g/mol. The Bertz CT molecular complexity index is 1450. The molecule has 0 bridgehead atoms. The number of hydrogen-bond donors (Lipinski definition) is 2. The fourth-order valence-electron chi connectivity index (χ4n) is 4.50. The molecule has 2 heterocycles. The third-order valence-electron chi connectivity index (χ3n) is 6.05. The predicted octanol–water partition coefficient (Wildman–Crippen LogP) is 6.83. The van der Waals surface area contributed by atoms with Crippen LogP contribution in [-0.4, -0.2) is 18.5 Å². The summed E-state index contributed by atoms with van der Waals surface area (Å²) in [7, 11) is 0. The van der Waals surface area contributed by atoms with Gasteiger partial charge < -0.3 is 10.6 Å². The molecule has 0 aliphatic carbocycles. The second kappa shape index (κ2) is 8.74. The SMILES string of the molecule is O=C(Nc1cc(Br)c2c3c1C(c1cc(F)ccc1Cl)NC(=O)N3CC2)c1cc(F)cc(C(F)(F)F)c1. The van der Waals surface area contributed by atoms with E-state index < -0.39 is 46.9 Å². The Balaban J connectivity index is 1.65. The fraction of sp³-hybridized carbons (Fsp3) is 0.167. The number of alkyl halides is 3. The lowest BCUT2D eigenvalue weighted by molar-refractivity contribution is -0.137. The van der Waals surface area contributed by atoms with Crippen molar-refractivity contribution in [2.45, 2.75) is 18.6 Å². The minimum Gasteiger partial charge on any atom is -0.327 e. The van der Waals surface area contributed by atoms with Gasteiger partial charge in [0.1, 0.15) is 11.6 Å². The summed E-state index contributed by atoms with van der Waals surface area (Å²) in [5.41, 5.74) is 0.0978. The van der Waals surface area contributed by atoms with E-state index in [-0.39, 0.29) is 16.3 Å². The summed E-state index contributed by atoms with van der Waals surface area (Å²) in [5, 5.41) is 5.46. The van der Waals surface area contributed by atoms with Crippen molar-refractivity contribution < 1.29 is 31.5 Å². The van der Waals surface area contributed by atoms with Gasteiger partial charge in [-0.1, -0.05) is 27.5 Å². The van der Waals surface area contributed by atoms with E-state index in [0.29, 0.717) is 46.9 Å². The molecular weight excluding hydrogens is 573 g/mol. The molecule has 0 spiro atoms. The van der Waals surface area contributed by atoms with E-state index in [1.807, 2.05) is 0 Å². The van der Waals surface area contributed by atoms with E-state index in [1.165, 1.54) is 17.0 Å². The van der Waals surface area contributed by atoms with Gasteiger partial charge in [0, 0.05) is 38.4 Å². The molecule has 0 radical (unpaired) electrons. The highest BCUT2D eigenvalue weighted by atomic mass is 79.9. The van der Waals surface area contributed by atoms with Gasteiger partial charge in [0.15, 0.2) is 0 Å². The highest BCUT2D eigenvalue weighted by molar-refractivity contribution is 9.10. The van der Waals surface area contributed by atoms with Crippen molar-refractivity contribution in [2.24, 2.45) is 0 Å². The number of urea groups is 1. The maximum Gasteiger partial charge on any atom is 0.416 e. The Hall–Kier alpha value is -3.18. The van der Waals surface area contributed by atoms with Crippen LogP contribution in [0, 0.1) is 11.6 Å². The van der Waals surface area contributed by atoms with Gasteiger partial charge in [-0.3, -0.25) is 9.69 Å². The van der Waals surface area contributed by atoms with Crippen molar-refractivity contribution >= 4 is 50.8 Å². The van der Waals surface area contributed by atoms with Crippen LogP contribution in [0.4, 0.5) is 38.1 Å². The third kappa shape index (κ3) is 4.20. The molecule has 3 amide bonds. The van der Waals surface area contributed by atoms with Crippen LogP contribution >= 0.6 is 27.5 Å². The minimum atomic E-state index is -4.86. The Morgan fingerprint density at radius 1 is 1.11 bits per heavy atom. The number of carbonyl (C=O) groups is 2. The molecule has 186 valence electrons. The van der Waals surface area contributed by atoms with Crippen LogP contribution in [0.1, 0.15) is 38.7 Å². The van der Waals surface area contributed by atoms with Crippen molar-refractivity contribution in [3.63, 3.8) is 0 Å². The number of halogens is 7. The lowest BCUT2D eigenvalue weighted by Gasteiger charge is -2.35. The first-order valence-corrected chi connectivity index (χ1v) is 11.7. The topological polar surface area (TPSA) is 61.4 Å². The Morgan fingerprint density at radius 3 is 2.58 bits per heavy atom. The third-order valence-corrected chi connectivity index (χ3v) is 7.10. The van der Waals surface area contributed by atoms with E-state index in [4.69, 9.17) is 11.6 Å². The highest BCUT2D eigenvalue weighted by Gasteiger charge is 2.40. The minimum absolute atomic E-state index is 0.126. The zero-order chi connectivity index (χ0) is 25.9. The quantitative estimate of drug-likeness (QED) is 0.331. The summed E-state index contributed by atoms with van der Waals surface area (Å²) >= 11 is 9.75. The number of carbonyl (C=O) groups excluding carboxylic acids is 2. The van der Waals surface area contributed by atoms with Gasteiger partial charge >= 0.3 is 12.2 Å². The molecule has 3 aromatic rings. The Kier molecular flexibility index (Phi) is 5.95. The number of rotatable bonds is 3. The van der Waals surface area contributed by atoms with Crippen LogP contribution in [0.15, 0.2) is 46.9 Å². The van der Waals surface area contributed by atoms with Gasteiger partial charge in [0.25, 0.3) is 5.91 Å². The first-order valence-electron chi connectivity index (χ1n) is 10.5. The van der Waals surface area contributed by atoms with Gasteiger partial charge in [0.05, 0.1) is 17.3 Å². The summed E-state index contributed by atoms with van der Waals surface area (Å²) in [6.07, 6.45) is -4.36. The molecule has 2 N–H and O–H groups in total. The molecule has 0 fully saturated rings. The number of amides is 3. The molecule has 1 atom stereocenters. The Morgan fingerprint density at radius 2 is 1.86 bits per heavy atom. The molecule has 12 heteroatoms. The normalized spacial score (nSPS) is 16.6. The van der Waals surface area contributed by atoms with Crippen molar-refractivity contribution in [3.8, 4) is 0 Å². The molecule has 0 saturated heterocycles. The second-order valence-electron chi connectivity index (χ2n) is 8.28. The van der Waals surface area contributed by atoms with Crippen LogP contribution in [-0.2, 0) is 12.6 Å². The first kappa shape index (κ1) is 24.5. The van der Waals surface area contributed by atoms with Crippen LogP contribution < -0.4 is 15.5 Å². The van der Waals surface area contributed by atoms with E-state index in [9.17, 15) is 31.5 Å². The lowest BCUT2D eigenvalue weighted by Crippen LogP contribution is -2.46.